The number of amides is 1. The molecule has 0 saturated carbocycles. The number of primary sulfonamides is 1. The molecule has 0 bridgehead atoms. The Bertz CT molecular complexity index is 847. The van der Waals surface area contributed by atoms with E-state index in [0.717, 1.165) is 12.0 Å². The lowest BCUT2D eigenvalue weighted by atomic mass is 10.0. The fraction of sp³-hybridized carbons (Fsp3) is 0.316. The van der Waals surface area contributed by atoms with E-state index in [2.05, 4.69) is 41.8 Å². The van der Waals surface area contributed by atoms with Crippen molar-refractivity contribution in [3.8, 4) is 0 Å². The Hall–Kier alpha value is -2.22. The normalized spacial score (nSPS) is 13.8. The minimum absolute atomic E-state index is 0.00657. The van der Waals surface area contributed by atoms with Gasteiger partial charge in [-0.1, -0.05) is 36.8 Å². The lowest BCUT2D eigenvalue weighted by molar-refractivity contribution is -0.118. The molecule has 2 atom stereocenters. The van der Waals surface area contributed by atoms with Gasteiger partial charge in [-0.3, -0.25) is 10.1 Å². The van der Waals surface area contributed by atoms with Gasteiger partial charge >= 0.3 is 0 Å². The summed E-state index contributed by atoms with van der Waals surface area (Å²) < 4.78 is 22.5. The summed E-state index contributed by atoms with van der Waals surface area (Å²) in [5, 5.41) is 11.2. The second kappa shape index (κ2) is 8.44. The molecule has 1 amide bonds. The molecule has 7 heteroatoms. The smallest absolute Gasteiger partial charge is 0.241 e. The molecule has 2 aromatic rings. The summed E-state index contributed by atoms with van der Waals surface area (Å²) in [7, 11) is -3.74. The molecule has 0 fully saturated rings. The van der Waals surface area contributed by atoms with E-state index in [-0.39, 0.29) is 16.8 Å². The van der Waals surface area contributed by atoms with Crippen molar-refractivity contribution in [3.05, 3.63) is 59.7 Å². The molecule has 0 aliphatic heterocycles. The first-order valence-corrected chi connectivity index (χ1v) is 10.0. The van der Waals surface area contributed by atoms with Gasteiger partial charge < -0.3 is 5.32 Å². The zero-order chi connectivity index (χ0) is 19.3. The number of hydrogen-bond acceptors (Lipinski definition) is 4. The van der Waals surface area contributed by atoms with E-state index in [1.165, 1.54) is 29.8 Å². The molecule has 4 N–H and O–H groups in total. The van der Waals surface area contributed by atoms with Gasteiger partial charge in [-0.2, -0.15) is 0 Å². The third-order valence-corrected chi connectivity index (χ3v) is 5.11. The molecule has 0 radical (unpaired) electrons. The maximum Gasteiger partial charge on any atom is 0.241 e. The average molecular weight is 375 g/mol. The fourth-order valence-corrected chi connectivity index (χ4v) is 3.12. The van der Waals surface area contributed by atoms with E-state index < -0.39 is 16.1 Å². The van der Waals surface area contributed by atoms with Crippen LogP contribution < -0.4 is 15.8 Å². The van der Waals surface area contributed by atoms with Crippen molar-refractivity contribution in [2.45, 2.75) is 44.2 Å². The van der Waals surface area contributed by atoms with E-state index in [1.54, 1.807) is 6.92 Å². The van der Waals surface area contributed by atoms with Crippen molar-refractivity contribution in [3.63, 3.8) is 0 Å². The Morgan fingerprint density at radius 3 is 2.15 bits per heavy atom. The van der Waals surface area contributed by atoms with E-state index >= 15 is 0 Å². The summed E-state index contributed by atoms with van der Waals surface area (Å²) in [6.45, 7) is 5.90. The molecule has 0 unspecified atom stereocenters. The zero-order valence-electron chi connectivity index (χ0n) is 15.2. The van der Waals surface area contributed by atoms with E-state index in [4.69, 9.17) is 5.14 Å². The molecule has 6 nitrogen and oxygen atoms in total. The number of hydrogen-bond donors (Lipinski definition) is 3. The van der Waals surface area contributed by atoms with Crippen LogP contribution in [0, 0.1) is 6.92 Å². The summed E-state index contributed by atoms with van der Waals surface area (Å²) in [6.07, 6.45) is 0.851. The summed E-state index contributed by atoms with van der Waals surface area (Å²) >= 11 is 0. The highest BCUT2D eigenvalue weighted by Crippen LogP contribution is 2.18. The Labute approximate surface area is 154 Å². The standard InChI is InChI=1S/C19H25N3O3S/c1-4-18(15-7-5-13(2)6-8-15)21-14(3)19(23)22-16-9-11-17(12-10-16)26(20,24)25/h5-12,14,18,21H,4H2,1-3H3,(H,22,23)(H2,20,24,25)/t14-,18+/m1/s1. The number of anilines is 1. The quantitative estimate of drug-likeness (QED) is 0.692. The fourth-order valence-electron chi connectivity index (χ4n) is 2.60. The molecule has 0 aliphatic carbocycles. The zero-order valence-corrected chi connectivity index (χ0v) is 16.0. The highest BCUT2D eigenvalue weighted by molar-refractivity contribution is 7.89. The predicted octanol–water partition coefficient (Wildman–Crippen LogP) is 2.71. The first-order valence-electron chi connectivity index (χ1n) is 8.47. The van der Waals surface area contributed by atoms with Gasteiger partial charge in [0.15, 0.2) is 0 Å². The summed E-state index contributed by atoms with van der Waals surface area (Å²) in [5.41, 5.74) is 2.84. The third-order valence-electron chi connectivity index (χ3n) is 4.18. The van der Waals surface area contributed by atoms with Crippen molar-refractivity contribution in [2.24, 2.45) is 5.14 Å². The molecule has 2 rings (SSSR count). The Morgan fingerprint density at radius 2 is 1.65 bits per heavy atom. The Morgan fingerprint density at radius 1 is 1.08 bits per heavy atom. The van der Waals surface area contributed by atoms with Crippen molar-refractivity contribution in [1.82, 2.24) is 5.32 Å². The van der Waals surface area contributed by atoms with Crippen molar-refractivity contribution in [2.75, 3.05) is 5.32 Å². The minimum atomic E-state index is -3.74. The number of carbonyl (C=O) groups is 1. The first-order chi connectivity index (χ1) is 12.2. The molecule has 0 saturated heterocycles. The van der Waals surface area contributed by atoms with E-state index in [1.807, 2.05) is 6.92 Å². The van der Waals surface area contributed by atoms with Gasteiger partial charge in [-0.15, -0.1) is 0 Å². The first kappa shape index (κ1) is 20.1. The van der Waals surface area contributed by atoms with Gasteiger partial charge in [0.2, 0.25) is 15.9 Å². The topological polar surface area (TPSA) is 101 Å². The van der Waals surface area contributed by atoms with Crippen LogP contribution in [0.3, 0.4) is 0 Å². The number of carbonyl (C=O) groups excluding carboxylic acids is 1. The molecular weight excluding hydrogens is 350 g/mol. The van der Waals surface area contributed by atoms with Crippen LogP contribution >= 0.6 is 0 Å². The third kappa shape index (κ3) is 5.39. The molecule has 140 valence electrons. The number of aryl methyl sites for hydroxylation is 1. The van der Waals surface area contributed by atoms with Crippen LogP contribution in [0.4, 0.5) is 5.69 Å². The minimum Gasteiger partial charge on any atom is -0.325 e. The van der Waals surface area contributed by atoms with Crippen LogP contribution in [0.1, 0.15) is 37.4 Å². The molecular formula is C19H25N3O3S. The molecule has 2 aromatic carbocycles. The van der Waals surface area contributed by atoms with Gasteiger partial charge in [-0.05, 0) is 50.1 Å². The number of nitrogens with two attached hydrogens (primary N) is 1. The highest BCUT2D eigenvalue weighted by atomic mass is 32.2. The van der Waals surface area contributed by atoms with Crippen molar-refractivity contribution in [1.29, 1.82) is 0 Å². The lowest BCUT2D eigenvalue weighted by Gasteiger charge is -2.22. The van der Waals surface area contributed by atoms with Gasteiger partial charge in [0.1, 0.15) is 0 Å². The number of benzene rings is 2. The SMILES string of the molecule is CC[C@H](N[C@H](C)C(=O)Nc1ccc(S(N)(=O)=O)cc1)c1ccc(C)cc1. The largest absolute Gasteiger partial charge is 0.325 e. The van der Waals surface area contributed by atoms with Gasteiger partial charge in [0, 0.05) is 11.7 Å². The summed E-state index contributed by atoms with van der Waals surface area (Å²) in [5.74, 6) is -0.195. The van der Waals surface area contributed by atoms with E-state index in [9.17, 15) is 13.2 Å². The lowest BCUT2D eigenvalue weighted by Crippen LogP contribution is -2.40. The van der Waals surface area contributed by atoms with Crippen molar-refractivity contribution < 1.29 is 13.2 Å². The number of nitrogens with one attached hydrogen (secondary N) is 2. The van der Waals surface area contributed by atoms with Crippen LogP contribution in [-0.2, 0) is 14.8 Å². The average Bonchev–Trinajstić information content (AvgIpc) is 2.60. The van der Waals surface area contributed by atoms with Crippen LogP contribution in [0.5, 0.6) is 0 Å². The highest BCUT2D eigenvalue weighted by Gasteiger charge is 2.18. The van der Waals surface area contributed by atoms with Crippen LogP contribution in [0.25, 0.3) is 0 Å². The second-order valence-electron chi connectivity index (χ2n) is 6.32. The molecule has 0 aromatic heterocycles. The number of rotatable bonds is 7. The van der Waals surface area contributed by atoms with Crippen LogP contribution in [0.2, 0.25) is 0 Å². The predicted molar refractivity (Wildman–Crippen MR) is 103 cm³/mol. The molecule has 0 spiro atoms. The molecule has 0 aliphatic rings. The monoisotopic (exact) mass is 375 g/mol. The van der Waals surface area contributed by atoms with E-state index in [0.29, 0.717) is 5.69 Å². The molecule has 26 heavy (non-hydrogen) atoms. The number of sulfonamides is 1. The van der Waals surface area contributed by atoms with Gasteiger partial charge in [-0.25, -0.2) is 13.6 Å². The second-order valence-corrected chi connectivity index (χ2v) is 7.88. The van der Waals surface area contributed by atoms with Crippen LogP contribution in [-0.4, -0.2) is 20.4 Å². The Balaban J connectivity index is 2.01. The van der Waals surface area contributed by atoms with Gasteiger partial charge in [0.05, 0.1) is 10.9 Å². The maximum absolute atomic E-state index is 12.4. The molecule has 0 heterocycles. The maximum atomic E-state index is 12.4. The summed E-state index contributed by atoms with van der Waals surface area (Å²) in [6, 6.07) is 13.6. The Kier molecular flexibility index (Phi) is 6.52. The van der Waals surface area contributed by atoms with Gasteiger partial charge in [0.25, 0.3) is 0 Å². The van der Waals surface area contributed by atoms with Crippen LogP contribution in [0.15, 0.2) is 53.4 Å². The van der Waals surface area contributed by atoms with Crippen molar-refractivity contribution >= 4 is 21.6 Å². The summed E-state index contributed by atoms with van der Waals surface area (Å²) in [4.78, 5) is 12.4.